The molecule has 0 radical (unpaired) electrons. The molecule has 6 rings (SSSR count). The number of barbiturate groups is 1. The summed E-state index contributed by atoms with van der Waals surface area (Å²) in [7, 11) is 6.01. The van der Waals surface area contributed by atoms with Crippen molar-refractivity contribution in [3.63, 3.8) is 0 Å². The Hall–Kier alpha value is -4.84. The number of hydrogen-bond donors (Lipinski definition) is 1. The van der Waals surface area contributed by atoms with E-state index in [4.69, 9.17) is 18.9 Å². The number of imide groups is 2. The van der Waals surface area contributed by atoms with Gasteiger partial charge in [0.1, 0.15) is 11.2 Å². The molecule has 2 saturated heterocycles. The highest BCUT2D eigenvalue weighted by atomic mass is 16.5. The summed E-state index contributed by atoms with van der Waals surface area (Å²) in [4.78, 5) is 57.7. The van der Waals surface area contributed by atoms with Gasteiger partial charge in [-0.2, -0.15) is 0 Å². The van der Waals surface area contributed by atoms with Gasteiger partial charge in [-0.05, 0) is 66.8 Å². The highest BCUT2D eigenvalue weighted by Gasteiger charge is 2.56. The maximum atomic E-state index is 14.7. The van der Waals surface area contributed by atoms with Gasteiger partial charge in [-0.3, -0.25) is 19.7 Å². The van der Waals surface area contributed by atoms with E-state index < -0.39 is 23.3 Å². The summed E-state index contributed by atoms with van der Waals surface area (Å²) in [5.74, 6) is 0.603. The molecule has 3 aliphatic rings. The molecule has 0 saturated carbocycles. The maximum Gasteiger partial charge on any atom is 0.335 e. The van der Waals surface area contributed by atoms with Gasteiger partial charge in [-0.15, -0.1) is 0 Å². The molecule has 4 heterocycles. The molecule has 3 aliphatic heterocycles. The third kappa shape index (κ3) is 5.28. The number of aromatic nitrogens is 1. The first-order valence-electron chi connectivity index (χ1n) is 14.8. The van der Waals surface area contributed by atoms with Crippen molar-refractivity contribution in [3.05, 3.63) is 76.2 Å². The number of methoxy groups -OCH3 is 4. The van der Waals surface area contributed by atoms with Crippen LogP contribution in [0.15, 0.2) is 59.4 Å². The number of pyridine rings is 1. The minimum absolute atomic E-state index is 0.0231. The summed E-state index contributed by atoms with van der Waals surface area (Å²) in [6.45, 7) is 1.76. The monoisotopic (exact) mass is 616 g/mol. The van der Waals surface area contributed by atoms with E-state index in [0.29, 0.717) is 53.9 Å². The number of amides is 4. The largest absolute Gasteiger partial charge is 0.497 e. The zero-order valence-electron chi connectivity index (χ0n) is 25.7. The van der Waals surface area contributed by atoms with Crippen LogP contribution < -0.4 is 34.7 Å². The van der Waals surface area contributed by atoms with E-state index in [-0.39, 0.29) is 30.4 Å². The van der Waals surface area contributed by atoms with Crippen molar-refractivity contribution in [3.8, 4) is 23.0 Å². The van der Waals surface area contributed by atoms with Crippen molar-refractivity contribution in [1.82, 2.24) is 14.8 Å². The number of carbonyl (C=O) groups is 3. The highest BCUT2D eigenvalue weighted by Crippen LogP contribution is 2.43. The van der Waals surface area contributed by atoms with E-state index in [1.54, 1.807) is 48.5 Å². The second kappa shape index (κ2) is 11.9. The molecule has 2 bridgehead atoms. The predicted molar refractivity (Wildman–Crippen MR) is 164 cm³/mol. The lowest BCUT2D eigenvalue weighted by molar-refractivity contribution is -0.144. The molecule has 45 heavy (non-hydrogen) atoms. The van der Waals surface area contributed by atoms with Crippen LogP contribution in [0.3, 0.4) is 0 Å². The fourth-order valence-electron chi connectivity index (χ4n) is 7.09. The molecule has 2 aromatic carbocycles. The molecule has 1 N–H and O–H groups in total. The Balaban J connectivity index is 1.42. The van der Waals surface area contributed by atoms with Crippen LogP contribution in [0.5, 0.6) is 23.0 Å². The lowest BCUT2D eigenvalue weighted by atomic mass is 9.75. The van der Waals surface area contributed by atoms with Crippen molar-refractivity contribution in [1.29, 1.82) is 0 Å². The molecular weight excluding hydrogens is 580 g/mol. The molecule has 0 aliphatic carbocycles. The second-order valence-electron chi connectivity index (χ2n) is 11.8. The van der Waals surface area contributed by atoms with Crippen LogP contribution >= 0.6 is 0 Å². The van der Waals surface area contributed by atoms with E-state index >= 15 is 0 Å². The second-order valence-corrected chi connectivity index (χ2v) is 11.8. The highest BCUT2D eigenvalue weighted by molar-refractivity contribution is 6.30. The molecule has 4 amide bonds. The molecule has 3 aromatic rings. The number of nitrogens with zero attached hydrogens (tertiary/aromatic N) is 3. The number of nitrogens with one attached hydrogen (secondary N) is 1. The van der Waals surface area contributed by atoms with Crippen LogP contribution in [0.1, 0.15) is 23.6 Å². The maximum absolute atomic E-state index is 14.7. The number of carbonyl (C=O) groups excluding carboxylic acids is 3. The Morgan fingerprint density at radius 3 is 2.20 bits per heavy atom. The Morgan fingerprint density at radius 2 is 1.56 bits per heavy atom. The van der Waals surface area contributed by atoms with Crippen molar-refractivity contribution < 1.29 is 33.3 Å². The van der Waals surface area contributed by atoms with Crippen molar-refractivity contribution in [2.24, 2.45) is 11.3 Å². The minimum Gasteiger partial charge on any atom is -0.497 e. The number of urea groups is 1. The van der Waals surface area contributed by atoms with Gasteiger partial charge >= 0.3 is 6.03 Å². The van der Waals surface area contributed by atoms with Gasteiger partial charge in [0, 0.05) is 43.9 Å². The van der Waals surface area contributed by atoms with E-state index in [0.717, 1.165) is 17.0 Å². The first-order chi connectivity index (χ1) is 21.7. The number of ether oxygens (including phenoxy) is 4. The molecular formula is C33H36N4O8. The summed E-state index contributed by atoms with van der Waals surface area (Å²) in [6.07, 6.45) is 0.868. The number of fused-ring (bicyclic) bond motifs is 4. The molecule has 12 nitrogen and oxygen atoms in total. The van der Waals surface area contributed by atoms with Gasteiger partial charge in [0.15, 0.2) is 11.5 Å². The van der Waals surface area contributed by atoms with Crippen molar-refractivity contribution in [2.75, 3.05) is 53.0 Å². The fraction of sp³-hybridized carbons (Fsp3) is 0.394. The van der Waals surface area contributed by atoms with Crippen LogP contribution in [0.4, 0.5) is 10.5 Å². The van der Waals surface area contributed by atoms with Crippen molar-refractivity contribution in [2.45, 2.75) is 25.3 Å². The lowest BCUT2D eigenvalue weighted by Crippen LogP contribution is -2.68. The zero-order valence-corrected chi connectivity index (χ0v) is 25.7. The average molecular weight is 617 g/mol. The minimum atomic E-state index is -1.69. The normalized spacial score (nSPS) is 22.8. The Labute approximate surface area is 260 Å². The van der Waals surface area contributed by atoms with Gasteiger partial charge in [-0.1, -0.05) is 6.07 Å². The molecule has 1 aromatic heterocycles. The number of piperidine rings is 1. The first-order valence-corrected chi connectivity index (χ1v) is 14.8. The number of benzene rings is 2. The van der Waals surface area contributed by atoms with Crippen molar-refractivity contribution >= 4 is 23.5 Å². The standard InChI is InChI=1S/C33H36N4O8/c1-42-24-10-8-23(9-11-24)37-31(40)33(30(39)34-32(37)41,15-20-13-26(43-2)29(45-4)27(14-20)44-3)19-35-16-21-12-22(18-35)25-6-5-7-28(38)36(25)17-21/h5-11,13-14,21-22H,12,15-19H2,1-4H3,(H,34,39,41). The van der Waals surface area contributed by atoms with Crippen LogP contribution in [-0.4, -0.2) is 75.4 Å². The first kappa shape index (κ1) is 30.2. The van der Waals surface area contributed by atoms with Gasteiger partial charge in [-0.25, -0.2) is 9.69 Å². The third-order valence-electron chi connectivity index (χ3n) is 9.08. The summed E-state index contributed by atoms with van der Waals surface area (Å²) in [5, 5.41) is 2.48. The smallest absolute Gasteiger partial charge is 0.335 e. The Kier molecular flexibility index (Phi) is 8.00. The van der Waals surface area contributed by atoms with Gasteiger partial charge < -0.3 is 28.4 Å². The number of hydrogen-bond acceptors (Lipinski definition) is 9. The molecule has 236 valence electrons. The topological polar surface area (TPSA) is 129 Å². The summed E-state index contributed by atoms with van der Waals surface area (Å²) < 4.78 is 23.7. The van der Waals surface area contributed by atoms with E-state index in [2.05, 4.69) is 10.2 Å². The SMILES string of the molecule is COc1ccc(N2C(=O)NC(=O)C(Cc3cc(OC)c(OC)c(OC)c3)(CN3CC4CC(C3)c3cccc(=O)n3C4)C2=O)cc1. The lowest BCUT2D eigenvalue weighted by Gasteiger charge is -2.47. The van der Waals surface area contributed by atoms with Crippen LogP contribution in [0.2, 0.25) is 0 Å². The van der Waals surface area contributed by atoms with Gasteiger partial charge in [0.05, 0.1) is 34.1 Å². The summed E-state index contributed by atoms with van der Waals surface area (Å²) in [6, 6.07) is 14.4. The van der Waals surface area contributed by atoms with Crippen LogP contribution in [0.25, 0.3) is 0 Å². The predicted octanol–water partition coefficient (Wildman–Crippen LogP) is 2.81. The molecule has 3 atom stereocenters. The van der Waals surface area contributed by atoms with E-state index in [9.17, 15) is 19.2 Å². The van der Waals surface area contributed by atoms with Crippen LogP contribution in [-0.2, 0) is 22.6 Å². The Morgan fingerprint density at radius 1 is 0.844 bits per heavy atom. The quantitative estimate of drug-likeness (QED) is 0.361. The average Bonchev–Trinajstić information content (AvgIpc) is 3.04. The molecule has 12 heteroatoms. The summed E-state index contributed by atoms with van der Waals surface area (Å²) in [5.41, 5.74) is 0.136. The molecule has 3 unspecified atom stereocenters. The zero-order chi connectivity index (χ0) is 31.9. The van der Waals surface area contributed by atoms with Gasteiger partial charge in [0.25, 0.3) is 11.5 Å². The van der Waals surface area contributed by atoms with Gasteiger partial charge in [0.2, 0.25) is 11.7 Å². The number of anilines is 1. The van der Waals surface area contributed by atoms with E-state index in [1.807, 2.05) is 10.6 Å². The van der Waals surface area contributed by atoms with Crippen LogP contribution in [0, 0.1) is 11.3 Å². The summed E-state index contributed by atoms with van der Waals surface area (Å²) >= 11 is 0. The molecule has 0 spiro atoms. The molecule has 2 fully saturated rings. The Bertz CT molecular complexity index is 1680. The fourth-order valence-corrected chi connectivity index (χ4v) is 7.09. The number of likely N-dealkylation sites (tertiary alicyclic amines) is 1. The number of rotatable bonds is 9. The van der Waals surface area contributed by atoms with E-state index in [1.165, 1.54) is 28.4 Å². The third-order valence-corrected chi connectivity index (χ3v) is 9.08.